The molecule has 0 bridgehead atoms. The molecule has 1 aromatic carbocycles. The fourth-order valence-corrected chi connectivity index (χ4v) is 3.16. The number of nitrogens with zero attached hydrogens (tertiary/aromatic N) is 1. The molecule has 2 N–H and O–H groups in total. The van der Waals surface area contributed by atoms with Gasteiger partial charge in [0, 0.05) is 33.2 Å². The molecule has 1 atom stereocenters. The van der Waals surface area contributed by atoms with Crippen molar-refractivity contribution in [3.8, 4) is 5.75 Å². The van der Waals surface area contributed by atoms with Crippen LogP contribution in [0.5, 0.6) is 5.75 Å². The predicted molar refractivity (Wildman–Crippen MR) is 108 cm³/mol. The number of halogens is 1. The Morgan fingerprint density at radius 1 is 1.25 bits per heavy atom. The Bertz CT molecular complexity index is 545. The van der Waals surface area contributed by atoms with Gasteiger partial charge in [0.05, 0.1) is 12.7 Å². The van der Waals surface area contributed by atoms with Crippen LogP contribution < -0.4 is 15.4 Å². The fourth-order valence-electron chi connectivity index (χ4n) is 3.16. The zero-order chi connectivity index (χ0) is 15.9. The van der Waals surface area contributed by atoms with Crippen LogP contribution in [0.25, 0.3) is 0 Å². The normalized spacial score (nSPS) is 19.4. The smallest absolute Gasteiger partial charge is 0.190 e. The first kappa shape index (κ1) is 19.3. The van der Waals surface area contributed by atoms with Crippen molar-refractivity contribution >= 4 is 29.9 Å². The van der Waals surface area contributed by atoms with Gasteiger partial charge in [0.15, 0.2) is 5.96 Å². The molecule has 1 saturated heterocycles. The SMILES string of the molecule is CN=C(NCCc1ccc2c(c1)CCO2)NCCC1CCCO1.I. The standard InChI is InChI=1S/C18H27N3O2.HI/c1-19-18(21-10-7-16-3-2-11-22-16)20-9-6-14-4-5-17-15(13-14)8-12-23-17;/h4-5,13,16H,2-3,6-12H2,1H3,(H2,19,20,21);1H. The van der Waals surface area contributed by atoms with E-state index in [0.717, 1.165) is 57.3 Å². The van der Waals surface area contributed by atoms with E-state index in [1.807, 2.05) is 7.05 Å². The summed E-state index contributed by atoms with van der Waals surface area (Å²) in [4.78, 5) is 4.27. The third-order valence-corrected chi connectivity index (χ3v) is 4.47. The van der Waals surface area contributed by atoms with Crippen molar-refractivity contribution in [2.75, 3.05) is 33.4 Å². The Labute approximate surface area is 161 Å². The molecule has 2 aliphatic rings. The lowest BCUT2D eigenvalue weighted by Gasteiger charge is -2.14. The number of hydrogen-bond acceptors (Lipinski definition) is 3. The van der Waals surface area contributed by atoms with Crippen molar-refractivity contribution in [1.29, 1.82) is 0 Å². The minimum absolute atomic E-state index is 0. The van der Waals surface area contributed by atoms with Crippen LogP contribution in [0.4, 0.5) is 0 Å². The lowest BCUT2D eigenvalue weighted by molar-refractivity contribution is 0.105. The largest absolute Gasteiger partial charge is 0.493 e. The van der Waals surface area contributed by atoms with Crippen LogP contribution in [-0.2, 0) is 17.6 Å². The maximum atomic E-state index is 5.63. The van der Waals surface area contributed by atoms with Gasteiger partial charge in [0.1, 0.15) is 5.75 Å². The van der Waals surface area contributed by atoms with Gasteiger partial charge in [0.2, 0.25) is 0 Å². The fraction of sp³-hybridized carbons (Fsp3) is 0.611. The van der Waals surface area contributed by atoms with Crippen molar-refractivity contribution in [1.82, 2.24) is 10.6 Å². The highest BCUT2D eigenvalue weighted by Crippen LogP contribution is 2.25. The maximum Gasteiger partial charge on any atom is 0.190 e. The van der Waals surface area contributed by atoms with E-state index in [1.165, 1.54) is 24.0 Å². The summed E-state index contributed by atoms with van der Waals surface area (Å²) in [5.74, 6) is 1.92. The first-order chi connectivity index (χ1) is 11.3. The quantitative estimate of drug-likeness (QED) is 0.402. The van der Waals surface area contributed by atoms with Gasteiger partial charge in [-0.15, -0.1) is 24.0 Å². The van der Waals surface area contributed by atoms with Gasteiger partial charge in [-0.05, 0) is 42.9 Å². The van der Waals surface area contributed by atoms with E-state index in [1.54, 1.807) is 0 Å². The van der Waals surface area contributed by atoms with Gasteiger partial charge in [-0.25, -0.2) is 0 Å². The van der Waals surface area contributed by atoms with Crippen LogP contribution in [0, 0.1) is 0 Å². The number of hydrogen-bond donors (Lipinski definition) is 2. The van der Waals surface area contributed by atoms with Crippen molar-refractivity contribution in [2.45, 2.75) is 38.2 Å². The van der Waals surface area contributed by atoms with Crippen LogP contribution in [0.3, 0.4) is 0 Å². The number of ether oxygens (including phenoxy) is 2. The van der Waals surface area contributed by atoms with Gasteiger partial charge in [0.25, 0.3) is 0 Å². The van der Waals surface area contributed by atoms with Crippen molar-refractivity contribution < 1.29 is 9.47 Å². The molecular weight excluding hydrogens is 417 g/mol. The second kappa shape index (κ2) is 10.1. The molecule has 1 aromatic rings. The minimum atomic E-state index is 0. The number of aliphatic imine (C=N–C) groups is 1. The first-order valence-electron chi connectivity index (χ1n) is 8.66. The Balaban J connectivity index is 0.00000208. The molecule has 6 heteroatoms. The Morgan fingerprint density at radius 3 is 2.92 bits per heavy atom. The monoisotopic (exact) mass is 445 g/mol. The third kappa shape index (κ3) is 5.51. The molecule has 24 heavy (non-hydrogen) atoms. The van der Waals surface area contributed by atoms with Gasteiger partial charge in [-0.1, -0.05) is 12.1 Å². The van der Waals surface area contributed by atoms with E-state index in [2.05, 4.69) is 33.8 Å². The van der Waals surface area contributed by atoms with Crippen molar-refractivity contribution in [2.24, 2.45) is 4.99 Å². The van der Waals surface area contributed by atoms with Crippen LogP contribution >= 0.6 is 24.0 Å². The number of guanidine groups is 1. The van der Waals surface area contributed by atoms with E-state index in [0.29, 0.717) is 6.10 Å². The van der Waals surface area contributed by atoms with E-state index in [9.17, 15) is 0 Å². The number of nitrogens with one attached hydrogen (secondary N) is 2. The second-order valence-electron chi connectivity index (χ2n) is 6.14. The molecule has 0 aliphatic carbocycles. The molecule has 2 heterocycles. The van der Waals surface area contributed by atoms with Gasteiger partial charge < -0.3 is 20.1 Å². The summed E-state index contributed by atoms with van der Waals surface area (Å²) in [6.07, 6.45) is 5.88. The number of benzene rings is 1. The first-order valence-corrected chi connectivity index (χ1v) is 8.66. The highest BCUT2D eigenvalue weighted by molar-refractivity contribution is 14.0. The van der Waals surface area contributed by atoms with Crippen LogP contribution in [0.1, 0.15) is 30.4 Å². The van der Waals surface area contributed by atoms with E-state index < -0.39 is 0 Å². The summed E-state index contributed by atoms with van der Waals surface area (Å²) < 4.78 is 11.2. The molecule has 0 saturated carbocycles. The molecule has 2 aliphatic heterocycles. The Kier molecular flexibility index (Phi) is 8.11. The summed E-state index contributed by atoms with van der Waals surface area (Å²) in [7, 11) is 1.81. The molecule has 5 nitrogen and oxygen atoms in total. The molecule has 3 rings (SSSR count). The molecule has 0 aromatic heterocycles. The Hall–Kier alpha value is -1.02. The summed E-state index contributed by atoms with van der Waals surface area (Å²) in [6, 6.07) is 6.50. The van der Waals surface area contributed by atoms with Crippen molar-refractivity contribution in [3.05, 3.63) is 29.3 Å². The summed E-state index contributed by atoms with van der Waals surface area (Å²) >= 11 is 0. The number of fused-ring (bicyclic) bond motifs is 1. The summed E-state index contributed by atoms with van der Waals surface area (Å²) in [5, 5.41) is 6.74. The molecule has 0 spiro atoms. The van der Waals surface area contributed by atoms with Crippen LogP contribution in [-0.4, -0.2) is 45.4 Å². The summed E-state index contributed by atoms with van der Waals surface area (Å²) in [6.45, 7) is 3.52. The number of rotatable bonds is 6. The molecule has 0 amide bonds. The molecule has 134 valence electrons. The second-order valence-corrected chi connectivity index (χ2v) is 6.14. The highest BCUT2D eigenvalue weighted by atomic mass is 127. The topological polar surface area (TPSA) is 54.9 Å². The third-order valence-electron chi connectivity index (χ3n) is 4.47. The molecule has 1 unspecified atom stereocenters. The van der Waals surface area contributed by atoms with Gasteiger partial charge in [-0.3, -0.25) is 4.99 Å². The predicted octanol–water partition coefficient (Wildman–Crippen LogP) is 2.52. The van der Waals surface area contributed by atoms with E-state index >= 15 is 0 Å². The van der Waals surface area contributed by atoms with Gasteiger partial charge in [-0.2, -0.15) is 0 Å². The van der Waals surface area contributed by atoms with Gasteiger partial charge >= 0.3 is 0 Å². The maximum absolute atomic E-state index is 5.63. The van der Waals surface area contributed by atoms with Crippen molar-refractivity contribution in [3.63, 3.8) is 0 Å². The zero-order valence-corrected chi connectivity index (χ0v) is 16.7. The Morgan fingerprint density at radius 2 is 2.12 bits per heavy atom. The molecular formula is C18H28IN3O2. The van der Waals surface area contributed by atoms with Crippen LogP contribution in [0.15, 0.2) is 23.2 Å². The van der Waals surface area contributed by atoms with Crippen LogP contribution in [0.2, 0.25) is 0 Å². The minimum Gasteiger partial charge on any atom is -0.493 e. The highest BCUT2D eigenvalue weighted by Gasteiger charge is 2.15. The van der Waals surface area contributed by atoms with E-state index in [-0.39, 0.29) is 24.0 Å². The zero-order valence-electron chi connectivity index (χ0n) is 14.3. The average Bonchev–Trinajstić information content (AvgIpc) is 3.24. The summed E-state index contributed by atoms with van der Waals surface area (Å²) in [5.41, 5.74) is 2.68. The average molecular weight is 445 g/mol. The molecule has 1 fully saturated rings. The lowest BCUT2D eigenvalue weighted by atomic mass is 10.1. The van der Waals surface area contributed by atoms with E-state index in [4.69, 9.17) is 9.47 Å². The lowest BCUT2D eigenvalue weighted by Crippen LogP contribution is -2.39. The molecule has 0 radical (unpaired) electrons.